The number of nitriles is 1. The number of nitrogens with zero attached hydrogens (tertiary/aromatic N) is 2. The van der Waals surface area contributed by atoms with E-state index in [2.05, 4.69) is 5.32 Å². The molecule has 0 aliphatic rings. The SMILES string of the molecule is CCOC(=O)c1ccc(NC(=O)/C(C#N)=C\N(CC)C(C)(C)C)cc1. The Balaban J connectivity index is 2.89. The van der Waals surface area contributed by atoms with Gasteiger partial charge in [-0.05, 0) is 58.9 Å². The molecule has 0 atom stereocenters. The fourth-order valence-electron chi connectivity index (χ4n) is 2.16. The van der Waals surface area contributed by atoms with Crippen LogP contribution >= 0.6 is 0 Å². The van der Waals surface area contributed by atoms with E-state index in [1.807, 2.05) is 38.7 Å². The molecule has 0 saturated heterocycles. The van der Waals surface area contributed by atoms with Crippen molar-refractivity contribution >= 4 is 17.6 Å². The first-order valence-electron chi connectivity index (χ1n) is 8.20. The summed E-state index contributed by atoms with van der Waals surface area (Å²) in [7, 11) is 0. The lowest BCUT2D eigenvalue weighted by Crippen LogP contribution is -2.37. The van der Waals surface area contributed by atoms with E-state index in [0.717, 1.165) is 0 Å². The van der Waals surface area contributed by atoms with Crippen molar-refractivity contribution in [1.82, 2.24) is 4.90 Å². The molecule has 1 amide bonds. The minimum atomic E-state index is -0.492. The summed E-state index contributed by atoms with van der Waals surface area (Å²) >= 11 is 0. The molecule has 1 aromatic rings. The molecule has 0 fully saturated rings. The van der Waals surface area contributed by atoms with Gasteiger partial charge in [-0.3, -0.25) is 4.79 Å². The van der Waals surface area contributed by atoms with Gasteiger partial charge < -0.3 is 15.0 Å². The normalized spacial score (nSPS) is 11.4. The van der Waals surface area contributed by atoms with Crippen LogP contribution in [0.2, 0.25) is 0 Å². The first-order chi connectivity index (χ1) is 11.7. The van der Waals surface area contributed by atoms with Gasteiger partial charge in [0.05, 0.1) is 12.2 Å². The van der Waals surface area contributed by atoms with Gasteiger partial charge in [0, 0.05) is 24.0 Å². The van der Waals surface area contributed by atoms with E-state index >= 15 is 0 Å². The molecule has 0 aliphatic heterocycles. The molecule has 0 aromatic heterocycles. The monoisotopic (exact) mass is 343 g/mol. The molecule has 6 heteroatoms. The van der Waals surface area contributed by atoms with E-state index < -0.39 is 11.9 Å². The molecule has 1 rings (SSSR count). The Hall–Kier alpha value is -2.81. The Morgan fingerprint density at radius 1 is 1.24 bits per heavy atom. The molecular weight excluding hydrogens is 318 g/mol. The summed E-state index contributed by atoms with van der Waals surface area (Å²) in [5.41, 5.74) is 0.725. The van der Waals surface area contributed by atoms with Crippen molar-refractivity contribution in [3.05, 3.63) is 41.6 Å². The Bertz CT molecular complexity index is 679. The number of benzene rings is 1. The second kappa shape index (κ2) is 8.88. The first-order valence-corrected chi connectivity index (χ1v) is 8.20. The van der Waals surface area contributed by atoms with Gasteiger partial charge in [0.2, 0.25) is 0 Å². The summed E-state index contributed by atoms with van der Waals surface area (Å²) in [6.45, 7) is 10.7. The lowest BCUT2D eigenvalue weighted by molar-refractivity contribution is -0.112. The van der Waals surface area contributed by atoms with E-state index in [1.165, 1.54) is 0 Å². The van der Waals surface area contributed by atoms with Gasteiger partial charge in [-0.25, -0.2) is 4.79 Å². The zero-order valence-corrected chi connectivity index (χ0v) is 15.4. The summed E-state index contributed by atoms with van der Waals surface area (Å²) in [5, 5.41) is 12.0. The molecule has 0 aliphatic carbocycles. The maximum Gasteiger partial charge on any atom is 0.338 e. The number of hydrogen-bond donors (Lipinski definition) is 1. The van der Waals surface area contributed by atoms with Gasteiger partial charge in [0.1, 0.15) is 11.6 Å². The van der Waals surface area contributed by atoms with E-state index in [9.17, 15) is 14.9 Å². The van der Waals surface area contributed by atoms with E-state index in [1.54, 1.807) is 37.4 Å². The highest BCUT2D eigenvalue weighted by Gasteiger charge is 2.19. The number of anilines is 1. The molecule has 0 unspecified atom stereocenters. The predicted molar refractivity (Wildman–Crippen MR) is 96.9 cm³/mol. The third-order valence-corrected chi connectivity index (χ3v) is 3.51. The van der Waals surface area contributed by atoms with Crippen LogP contribution in [0.15, 0.2) is 36.0 Å². The van der Waals surface area contributed by atoms with Crippen LogP contribution in [0.1, 0.15) is 45.0 Å². The van der Waals surface area contributed by atoms with E-state index in [-0.39, 0.29) is 11.1 Å². The lowest BCUT2D eigenvalue weighted by atomic mass is 10.1. The van der Waals surface area contributed by atoms with E-state index in [4.69, 9.17) is 4.74 Å². The number of amides is 1. The third-order valence-electron chi connectivity index (χ3n) is 3.51. The van der Waals surface area contributed by atoms with Crippen molar-refractivity contribution in [2.24, 2.45) is 0 Å². The van der Waals surface area contributed by atoms with Crippen molar-refractivity contribution in [3.8, 4) is 6.07 Å². The smallest absolute Gasteiger partial charge is 0.338 e. The summed E-state index contributed by atoms with van der Waals surface area (Å²) in [4.78, 5) is 25.9. The van der Waals surface area contributed by atoms with Crippen LogP contribution in [0, 0.1) is 11.3 Å². The standard InChI is InChI=1S/C19H25N3O3/c1-6-22(19(3,4)5)13-15(12-20)17(23)21-16-10-8-14(9-11-16)18(24)25-7-2/h8-11,13H,6-7H2,1-5H3,(H,21,23)/b15-13-. The number of nitrogens with one attached hydrogen (secondary N) is 1. The molecule has 0 radical (unpaired) electrons. The van der Waals surface area contributed by atoms with Gasteiger partial charge >= 0.3 is 5.97 Å². The molecule has 0 heterocycles. The van der Waals surface area contributed by atoms with Crippen molar-refractivity contribution in [2.45, 2.75) is 40.2 Å². The zero-order valence-electron chi connectivity index (χ0n) is 15.4. The minimum Gasteiger partial charge on any atom is -0.462 e. The number of hydrogen-bond acceptors (Lipinski definition) is 5. The van der Waals surface area contributed by atoms with Gasteiger partial charge in [-0.15, -0.1) is 0 Å². The Morgan fingerprint density at radius 2 is 1.84 bits per heavy atom. The zero-order chi connectivity index (χ0) is 19.0. The molecule has 0 spiro atoms. The second-order valence-corrected chi connectivity index (χ2v) is 6.36. The maximum absolute atomic E-state index is 12.3. The quantitative estimate of drug-likeness (QED) is 0.487. The third kappa shape index (κ3) is 5.96. The van der Waals surface area contributed by atoms with Crippen molar-refractivity contribution in [1.29, 1.82) is 5.26 Å². The summed E-state index contributed by atoms with van der Waals surface area (Å²) in [6, 6.07) is 8.27. The van der Waals surface area contributed by atoms with Gasteiger partial charge in [0.25, 0.3) is 5.91 Å². The topological polar surface area (TPSA) is 82.4 Å². The largest absolute Gasteiger partial charge is 0.462 e. The number of esters is 1. The van der Waals surface area contributed by atoms with Crippen LogP contribution in [-0.4, -0.2) is 35.5 Å². The van der Waals surface area contributed by atoms with Gasteiger partial charge in [-0.2, -0.15) is 5.26 Å². The van der Waals surface area contributed by atoms with Crippen LogP contribution in [-0.2, 0) is 9.53 Å². The molecule has 0 saturated carbocycles. The Kier molecular flexibility index (Phi) is 7.19. The molecule has 25 heavy (non-hydrogen) atoms. The highest BCUT2D eigenvalue weighted by atomic mass is 16.5. The fraction of sp³-hybridized carbons (Fsp3) is 0.421. The number of rotatable bonds is 6. The Morgan fingerprint density at radius 3 is 2.28 bits per heavy atom. The average molecular weight is 343 g/mol. The van der Waals surface area contributed by atoms with Crippen molar-refractivity contribution in [3.63, 3.8) is 0 Å². The molecule has 6 nitrogen and oxygen atoms in total. The fourth-order valence-corrected chi connectivity index (χ4v) is 2.16. The molecule has 0 bridgehead atoms. The molecule has 134 valence electrons. The van der Waals surface area contributed by atoms with Crippen LogP contribution in [0.4, 0.5) is 5.69 Å². The second-order valence-electron chi connectivity index (χ2n) is 6.36. The highest BCUT2D eigenvalue weighted by Crippen LogP contribution is 2.16. The summed E-state index contributed by atoms with van der Waals surface area (Å²) in [6.07, 6.45) is 1.57. The summed E-state index contributed by atoms with van der Waals surface area (Å²) in [5.74, 6) is -0.907. The van der Waals surface area contributed by atoms with Gasteiger partial charge in [0.15, 0.2) is 0 Å². The highest BCUT2D eigenvalue weighted by molar-refractivity contribution is 6.06. The number of ether oxygens (including phenoxy) is 1. The average Bonchev–Trinajstić information content (AvgIpc) is 2.55. The first kappa shape index (κ1) is 20.2. The van der Waals surface area contributed by atoms with Crippen molar-refractivity contribution in [2.75, 3.05) is 18.5 Å². The lowest BCUT2D eigenvalue weighted by Gasteiger charge is -2.33. The maximum atomic E-state index is 12.3. The van der Waals surface area contributed by atoms with Crippen LogP contribution in [0.25, 0.3) is 0 Å². The molecular formula is C19H25N3O3. The van der Waals surface area contributed by atoms with Gasteiger partial charge in [-0.1, -0.05) is 0 Å². The van der Waals surface area contributed by atoms with Crippen molar-refractivity contribution < 1.29 is 14.3 Å². The predicted octanol–water partition coefficient (Wildman–Crippen LogP) is 3.33. The van der Waals surface area contributed by atoms with E-state index in [0.29, 0.717) is 24.4 Å². The number of carbonyl (C=O) groups is 2. The molecule has 1 aromatic carbocycles. The molecule has 1 N–H and O–H groups in total. The van der Waals surface area contributed by atoms with Crippen LogP contribution in [0.5, 0.6) is 0 Å². The minimum absolute atomic E-state index is 0.0197. The van der Waals surface area contributed by atoms with Crippen LogP contribution < -0.4 is 5.32 Å². The number of carbonyl (C=O) groups excluding carboxylic acids is 2. The van der Waals surface area contributed by atoms with Crippen LogP contribution in [0.3, 0.4) is 0 Å². The summed E-state index contributed by atoms with van der Waals surface area (Å²) < 4.78 is 4.91. The Labute approximate surface area is 149 Å².